The van der Waals surface area contributed by atoms with Gasteiger partial charge >= 0.3 is 0 Å². The van der Waals surface area contributed by atoms with E-state index in [0.29, 0.717) is 11.9 Å². The van der Waals surface area contributed by atoms with E-state index in [1.807, 2.05) is 0 Å². The average molecular weight is 406 g/mol. The molecule has 2 heterocycles. The van der Waals surface area contributed by atoms with Gasteiger partial charge in [-0.2, -0.15) is 0 Å². The van der Waals surface area contributed by atoms with Gasteiger partial charge in [0.05, 0.1) is 0 Å². The molecule has 1 unspecified atom stereocenters. The van der Waals surface area contributed by atoms with E-state index >= 15 is 0 Å². The highest BCUT2D eigenvalue weighted by molar-refractivity contribution is 5.81. The van der Waals surface area contributed by atoms with E-state index in [9.17, 15) is 4.79 Å². The first-order valence-electron chi connectivity index (χ1n) is 12.2. The third-order valence-electron chi connectivity index (χ3n) is 6.92. The van der Waals surface area contributed by atoms with Crippen molar-refractivity contribution in [3.8, 4) is 0 Å². The number of piperidine rings is 1. The molecule has 6 heteroatoms. The maximum absolute atomic E-state index is 12.8. The summed E-state index contributed by atoms with van der Waals surface area (Å²) in [4.78, 5) is 22.3. The lowest BCUT2D eigenvalue weighted by molar-refractivity contribution is -0.135. The van der Waals surface area contributed by atoms with Gasteiger partial charge < -0.3 is 20.4 Å². The molecule has 6 nitrogen and oxygen atoms in total. The van der Waals surface area contributed by atoms with Crippen LogP contribution in [0.2, 0.25) is 0 Å². The van der Waals surface area contributed by atoms with Crippen LogP contribution in [0.5, 0.6) is 0 Å². The summed E-state index contributed by atoms with van der Waals surface area (Å²) in [6, 6.07) is 0.323. The molecule has 29 heavy (non-hydrogen) atoms. The Balaban J connectivity index is 1.39. The molecule has 166 valence electrons. The molecule has 2 aliphatic heterocycles. The zero-order valence-electron chi connectivity index (χ0n) is 18.8. The van der Waals surface area contributed by atoms with Crippen molar-refractivity contribution in [1.29, 1.82) is 0 Å². The second-order valence-corrected chi connectivity index (χ2v) is 9.39. The van der Waals surface area contributed by atoms with Crippen LogP contribution in [0.4, 0.5) is 0 Å². The Morgan fingerprint density at radius 2 is 1.79 bits per heavy atom. The average Bonchev–Trinajstić information content (AvgIpc) is 3.21. The summed E-state index contributed by atoms with van der Waals surface area (Å²) >= 11 is 0. The Kier molecular flexibility index (Phi) is 9.09. The number of nitrogens with zero attached hydrogens (tertiary/aromatic N) is 3. The van der Waals surface area contributed by atoms with Crippen molar-refractivity contribution in [1.82, 2.24) is 20.4 Å². The highest BCUT2D eigenvalue weighted by Gasteiger charge is 2.31. The predicted octanol–water partition coefficient (Wildman–Crippen LogP) is 2.84. The van der Waals surface area contributed by atoms with E-state index in [-0.39, 0.29) is 5.92 Å². The summed E-state index contributed by atoms with van der Waals surface area (Å²) in [5, 5.41) is 6.96. The largest absolute Gasteiger partial charge is 0.357 e. The number of guanidine groups is 1. The van der Waals surface area contributed by atoms with E-state index in [4.69, 9.17) is 4.99 Å². The third kappa shape index (κ3) is 7.16. The van der Waals surface area contributed by atoms with Crippen molar-refractivity contribution in [2.75, 3.05) is 45.8 Å². The van der Waals surface area contributed by atoms with E-state index in [1.165, 1.54) is 45.2 Å². The Labute approximate surface area is 177 Å². The molecule has 0 aromatic carbocycles. The van der Waals surface area contributed by atoms with Crippen LogP contribution < -0.4 is 10.6 Å². The molecule has 3 rings (SSSR count). The SMILES string of the molecule is CCNC(=NCCCN1CCC(C)CC1)NC1CCN(C(=O)C2CCCCC2)C1. The highest BCUT2D eigenvalue weighted by Crippen LogP contribution is 2.26. The molecule has 3 aliphatic rings. The van der Waals surface area contributed by atoms with Crippen LogP contribution in [0.1, 0.15) is 71.6 Å². The molecule has 3 fully saturated rings. The number of amides is 1. The zero-order chi connectivity index (χ0) is 20.5. The summed E-state index contributed by atoms with van der Waals surface area (Å²) in [6.07, 6.45) is 10.7. The zero-order valence-corrected chi connectivity index (χ0v) is 18.8. The van der Waals surface area contributed by atoms with Crippen molar-refractivity contribution in [3.05, 3.63) is 0 Å². The van der Waals surface area contributed by atoms with Gasteiger partial charge in [-0.05, 0) is 71.0 Å². The summed E-state index contributed by atoms with van der Waals surface area (Å²) in [5.74, 6) is 2.48. The standard InChI is InChI=1S/C23H43N5O/c1-3-24-23(25-13-7-14-27-15-10-19(2)11-16-27)26-21-12-17-28(18-21)22(29)20-8-5-4-6-9-20/h19-21H,3-18H2,1-2H3,(H2,24,25,26). The maximum Gasteiger partial charge on any atom is 0.225 e. The van der Waals surface area contributed by atoms with Crippen LogP contribution in [0.25, 0.3) is 0 Å². The molecule has 1 atom stereocenters. The van der Waals surface area contributed by atoms with Crippen LogP contribution in [-0.4, -0.2) is 73.5 Å². The number of carbonyl (C=O) groups is 1. The number of carbonyl (C=O) groups excluding carboxylic acids is 1. The Hall–Kier alpha value is -1.30. The van der Waals surface area contributed by atoms with Gasteiger partial charge in [0.2, 0.25) is 5.91 Å². The predicted molar refractivity (Wildman–Crippen MR) is 120 cm³/mol. The van der Waals surface area contributed by atoms with Crippen LogP contribution in [0.15, 0.2) is 4.99 Å². The first-order chi connectivity index (χ1) is 14.2. The molecule has 1 saturated carbocycles. The number of nitrogens with one attached hydrogen (secondary N) is 2. The maximum atomic E-state index is 12.8. The van der Waals surface area contributed by atoms with Crippen molar-refractivity contribution in [3.63, 3.8) is 0 Å². The van der Waals surface area contributed by atoms with Gasteiger partial charge in [-0.3, -0.25) is 9.79 Å². The first-order valence-corrected chi connectivity index (χ1v) is 12.2. The lowest BCUT2D eigenvalue weighted by Crippen LogP contribution is -2.45. The molecule has 0 aromatic heterocycles. The second kappa shape index (κ2) is 11.8. The van der Waals surface area contributed by atoms with Crippen molar-refractivity contribution >= 4 is 11.9 Å². The van der Waals surface area contributed by atoms with E-state index in [0.717, 1.165) is 70.3 Å². The van der Waals surface area contributed by atoms with E-state index < -0.39 is 0 Å². The Morgan fingerprint density at radius 3 is 2.52 bits per heavy atom. The van der Waals surface area contributed by atoms with Crippen LogP contribution in [0, 0.1) is 11.8 Å². The van der Waals surface area contributed by atoms with Gasteiger partial charge in [-0.15, -0.1) is 0 Å². The van der Waals surface area contributed by atoms with Gasteiger partial charge in [-0.25, -0.2) is 0 Å². The highest BCUT2D eigenvalue weighted by atomic mass is 16.2. The van der Waals surface area contributed by atoms with Crippen LogP contribution in [-0.2, 0) is 4.79 Å². The van der Waals surface area contributed by atoms with Gasteiger partial charge in [0.15, 0.2) is 5.96 Å². The first kappa shape index (κ1) is 22.4. The minimum atomic E-state index is 0.280. The molecule has 0 radical (unpaired) electrons. The van der Waals surface area contributed by atoms with E-state index in [1.54, 1.807) is 0 Å². The molecule has 1 aliphatic carbocycles. The summed E-state index contributed by atoms with van der Waals surface area (Å²) in [6.45, 7) is 11.6. The molecule has 0 aromatic rings. The molecular weight excluding hydrogens is 362 g/mol. The molecule has 2 saturated heterocycles. The second-order valence-electron chi connectivity index (χ2n) is 9.39. The number of rotatable bonds is 7. The molecule has 2 N–H and O–H groups in total. The number of aliphatic imine (C=N–C) groups is 1. The minimum Gasteiger partial charge on any atom is -0.357 e. The Bertz CT molecular complexity index is 523. The summed E-state index contributed by atoms with van der Waals surface area (Å²) in [7, 11) is 0. The number of likely N-dealkylation sites (tertiary alicyclic amines) is 2. The molecule has 0 spiro atoms. The fourth-order valence-corrected chi connectivity index (χ4v) is 4.97. The fraction of sp³-hybridized carbons (Fsp3) is 0.913. The Morgan fingerprint density at radius 1 is 1.03 bits per heavy atom. The quantitative estimate of drug-likeness (QED) is 0.388. The fourth-order valence-electron chi connectivity index (χ4n) is 4.97. The lowest BCUT2D eigenvalue weighted by Gasteiger charge is -2.29. The molecule has 1 amide bonds. The summed E-state index contributed by atoms with van der Waals surface area (Å²) < 4.78 is 0. The van der Waals surface area contributed by atoms with E-state index in [2.05, 4.69) is 34.3 Å². The molecule has 0 bridgehead atoms. The van der Waals surface area contributed by atoms with Crippen molar-refractivity contribution in [2.45, 2.75) is 77.7 Å². The lowest BCUT2D eigenvalue weighted by atomic mass is 9.88. The number of hydrogen-bond donors (Lipinski definition) is 2. The van der Waals surface area contributed by atoms with Crippen LogP contribution >= 0.6 is 0 Å². The minimum absolute atomic E-state index is 0.280. The smallest absolute Gasteiger partial charge is 0.225 e. The molecular formula is C23H43N5O. The van der Waals surface area contributed by atoms with Gasteiger partial charge in [0, 0.05) is 38.1 Å². The van der Waals surface area contributed by atoms with Crippen molar-refractivity contribution < 1.29 is 4.79 Å². The number of hydrogen-bond acceptors (Lipinski definition) is 3. The monoisotopic (exact) mass is 405 g/mol. The normalized spacial score (nSPS) is 25.4. The topological polar surface area (TPSA) is 60.0 Å². The van der Waals surface area contributed by atoms with Crippen molar-refractivity contribution in [2.24, 2.45) is 16.8 Å². The van der Waals surface area contributed by atoms with Gasteiger partial charge in [0.1, 0.15) is 0 Å². The van der Waals surface area contributed by atoms with Crippen LogP contribution in [0.3, 0.4) is 0 Å². The van der Waals surface area contributed by atoms with Gasteiger partial charge in [-0.1, -0.05) is 26.2 Å². The summed E-state index contributed by atoms with van der Waals surface area (Å²) in [5.41, 5.74) is 0. The van der Waals surface area contributed by atoms with Gasteiger partial charge in [0.25, 0.3) is 0 Å². The third-order valence-corrected chi connectivity index (χ3v) is 6.92.